The highest BCUT2D eigenvalue weighted by molar-refractivity contribution is 6.27. The number of carbonyl (C=O) groups is 4. The van der Waals surface area contributed by atoms with Crippen LogP contribution in [0.2, 0.25) is 0 Å². The average Bonchev–Trinajstić information content (AvgIpc) is 2.69. The van der Waals surface area contributed by atoms with Gasteiger partial charge in [-0.25, -0.2) is 14.2 Å². The number of nitrogens with zero attached hydrogens (tertiary/aromatic N) is 2. The van der Waals surface area contributed by atoms with Crippen LogP contribution in [0.5, 0.6) is 11.6 Å². The Balaban J connectivity index is 1.65. The second kappa shape index (κ2) is 6.97. The molecule has 148 valence electrons. The first kappa shape index (κ1) is 18.5. The maximum Gasteiger partial charge on any atom is 0.328 e. The molecule has 1 spiro atoms. The number of hydrogen-bond acceptors (Lipinski definition) is 6. The van der Waals surface area contributed by atoms with Gasteiger partial charge >= 0.3 is 6.03 Å². The van der Waals surface area contributed by atoms with Gasteiger partial charge in [-0.05, 0) is 43.2 Å². The van der Waals surface area contributed by atoms with Crippen molar-refractivity contribution >= 4 is 29.4 Å². The fourth-order valence-corrected chi connectivity index (χ4v) is 3.46. The predicted octanol–water partition coefficient (Wildman–Crippen LogP) is 1.63. The van der Waals surface area contributed by atoms with Crippen molar-refractivity contribution in [2.75, 3.05) is 4.90 Å². The van der Waals surface area contributed by atoms with E-state index in [1.54, 1.807) is 0 Å². The molecule has 0 atom stereocenters. The summed E-state index contributed by atoms with van der Waals surface area (Å²) in [5.41, 5.74) is -1.65. The van der Waals surface area contributed by atoms with Crippen molar-refractivity contribution in [2.45, 2.75) is 24.8 Å². The number of rotatable bonds is 3. The van der Waals surface area contributed by atoms with Crippen LogP contribution in [0.3, 0.4) is 0 Å². The van der Waals surface area contributed by atoms with E-state index in [1.165, 1.54) is 42.6 Å². The summed E-state index contributed by atoms with van der Waals surface area (Å²) in [6.45, 7) is 0. The second-order valence-electron chi connectivity index (χ2n) is 6.59. The highest BCUT2D eigenvalue weighted by Crippen LogP contribution is 2.36. The van der Waals surface area contributed by atoms with E-state index < -0.39 is 35.1 Å². The summed E-state index contributed by atoms with van der Waals surface area (Å²) in [6.07, 6.45) is 1.83. The van der Waals surface area contributed by atoms with Gasteiger partial charge in [0.15, 0.2) is 0 Å². The van der Waals surface area contributed by atoms with Crippen LogP contribution in [0, 0.1) is 5.82 Å². The Bertz CT molecular complexity index is 986. The third kappa shape index (κ3) is 3.18. The summed E-state index contributed by atoms with van der Waals surface area (Å²) in [7, 11) is 0. The first-order valence-corrected chi connectivity index (χ1v) is 8.79. The van der Waals surface area contributed by atoms with E-state index in [-0.39, 0.29) is 24.4 Å². The second-order valence-corrected chi connectivity index (χ2v) is 6.59. The summed E-state index contributed by atoms with van der Waals surface area (Å²) in [5, 5.41) is 4.12. The van der Waals surface area contributed by atoms with Gasteiger partial charge in [0.2, 0.25) is 17.3 Å². The lowest BCUT2D eigenvalue weighted by molar-refractivity contribution is -0.143. The van der Waals surface area contributed by atoms with Crippen LogP contribution in [-0.4, -0.2) is 34.3 Å². The molecule has 29 heavy (non-hydrogen) atoms. The zero-order valence-electron chi connectivity index (χ0n) is 15.0. The number of piperidine rings is 1. The van der Waals surface area contributed by atoms with E-state index in [4.69, 9.17) is 4.74 Å². The summed E-state index contributed by atoms with van der Waals surface area (Å²) in [4.78, 5) is 54.5. The summed E-state index contributed by atoms with van der Waals surface area (Å²) >= 11 is 0. The number of carbonyl (C=O) groups excluding carboxylic acids is 4. The van der Waals surface area contributed by atoms with E-state index in [1.807, 2.05) is 0 Å². The molecule has 2 fully saturated rings. The van der Waals surface area contributed by atoms with Gasteiger partial charge in [0.1, 0.15) is 11.6 Å². The number of amides is 5. The Morgan fingerprint density at radius 3 is 2.31 bits per heavy atom. The zero-order chi connectivity index (χ0) is 20.6. The summed E-state index contributed by atoms with van der Waals surface area (Å²) in [6, 6.07) is 7.35. The fraction of sp³-hybridized carbons (Fsp3) is 0.211. The third-order valence-corrected chi connectivity index (χ3v) is 4.78. The molecule has 5 amide bonds. The average molecular weight is 398 g/mol. The number of imide groups is 2. The van der Waals surface area contributed by atoms with Crippen molar-refractivity contribution in [3.05, 3.63) is 48.4 Å². The number of anilines is 1. The number of halogens is 1. The highest BCUT2D eigenvalue weighted by atomic mass is 19.1. The van der Waals surface area contributed by atoms with Crippen LogP contribution in [-0.2, 0) is 14.4 Å². The molecule has 0 radical (unpaired) electrons. The highest BCUT2D eigenvalue weighted by Gasteiger charge is 2.58. The normalized spacial score (nSPS) is 18.4. The number of urea groups is 1. The molecule has 0 aliphatic carbocycles. The van der Waals surface area contributed by atoms with Crippen LogP contribution in [0.15, 0.2) is 42.6 Å². The minimum atomic E-state index is -1.86. The maximum absolute atomic E-state index is 13.0. The lowest BCUT2D eigenvalue weighted by Gasteiger charge is -2.45. The molecule has 2 N–H and O–H groups in total. The minimum absolute atomic E-state index is 0.0670. The number of benzene rings is 1. The molecular formula is C19H15FN4O5. The molecule has 10 heteroatoms. The third-order valence-electron chi connectivity index (χ3n) is 4.78. The standard InChI is InChI=1S/C19H15FN4O5/c20-11-3-6-13(7-4-11)29-14-8-5-12(10-21-14)24-15(25)2-1-9-19(24)16(26)22-18(28)23-17(19)27/h3-8,10H,1-2,9H2,(H2,22,23,26,27,28). The van der Waals surface area contributed by atoms with Crippen molar-refractivity contribution in [3.63, 3.8) is 0 Å². The molecule has 0 unspecified atom stereocenters. The van der Waals surface area contributed by atoms with Crippen molar-refractivity contribution in [1.29, 1.82) is 0 Å². The fourth-order valence-electron chi connectivity index (χ4n) is 3.46. The smallest absolute Gasteiger partial charge is 0.328 e. The quantitative estimate of drug-likeness (QED) is 0.759. The van der Waals surface area contributed by atoms with Gasteiger partial charge in [-0.2, -0.15) is 0 Å². The molecule has 9 nitrogen and oxygen atoms in total. The van der Waals surface area contributed by atoms with E-state index in [0.29, 0.717) is 12.2 Å². The zero-order valence-corrected chi connectivity index (χ0v) is 15.0. The van der Waals surface area contributed by atoms with Gasteiger partial charge < -0.3 is 4.74 Å². The van der Waals surface area contributed by atoms with Gasteiger partial charge in [0, 0.05) is 12.5 Å². The Labute approximate surface area is 163 Å². The van der Waals surface area contributed by atoms with Crippen LogP contribution in [0.4, 0.5) is 14.9 Å². The largest absolute Gasteiger partial charge is 0.439 e. The lowest BCUT2D eigenvalue weighted by atomic mass is 9.82. The number of pyridine rings is 1. The van der Waals surface area contributed by atoms with Crippen molar-refractivity contribution in [1.82, 2.24) is 15.6 Å². The van der Waals surface area contributed by atoms with Gasteiger partial charge in [-0.3, -0.25) is 29.9 Å². The molecule has 0 saturated carbocycles. The van der Waals surface area contributed by atoms with Gasteiger partial charge in [0.25, 0.3) is 11.8 Å². The van der Waals surface area contributed by atoms with Crippen molar-refractivity contribution < 1.29 is 28.3 Å². The van der Waals surface area contributed by atoms with Gasteiger partial charge in [-0.15, -0.1) is 0 Å². The Kier molecular flexibility index (Phi) is 4.45. The van der Waals surface area contributed by atoms with Crippen LogP contribution in [0.25, 0.3) is 0 Å². The van der Waals surface area contributed by atoms with Crippen LogP contribution < -0.4 is 20.3 Å². The molecule has 3 heterocycles. The van der Waals surface area contributed by atoms with E-state index in [0.717, 1.165) is 4.90 Å². The first-order valence-electron chi connectivity index (χ1n) is 8.79. The lowest BCUT2D eigenvalue weighted by Crippen LogP contribution is -2.75. The maximum atomic E-state index is 13.0. The topological polar surface area (TPSA) is 118 Å². The van der Waals surface area contributed by atoms with Crippen LogP contribution >= 0.6 is 0 Å². The SMILES string of the molecule is O=C1NC(=O)C2(CCCC(=O)N2c2ccc(Oc3ccc(F)cc3)nc2)C(=O)N1. The number of nitrogens with one attached hydrogen (secondary N) is 2. The molecule has 4 rings (SSSR count). The van der Waals surface area contributed by atoms with Gasteiger partial charge in [-0.1, -0.05) is 0 Å². The summed E-state index contributed by atoms with van der Waals surface area (Å²) < 4.78 is 18.5. The number of hydrogen-bond donors (Lipinski definition) is 2. The minimum Gasteiger partial charge on any atom is -0.439 e. The molecule has 2 aliphatic rings. The molecule has 2 aromatic rings. The van der Waals surface area contributed by atoms with E-state index in [9.17, 15) is 23.6 Å². The molecule has 2 aliphatic heterocycles. The van der Waals surface area contributed by atoms with E-state index in [2.05, 4.69) is 15.6 Å². The number of aromatic nitrogens is 1. The predicted molar refractivity (Wildman–Crippen MR) is 96.5 cm³/mol. The molecular weight excluding hydrogens is 383 g/mol. The van der Waals surface area contributed by atoms with E-state index >= 15 is 0 Å². The van der Waals surface area contributed by atoms with Crippen molar-refractivity contribution in [3.8, 4) is 11.6 Å². The monoisotopic (exact) mass is 398 g/mol. The molecule has 1 aromatic carbocycles. The first-order chi connectivity index (χ1) is 13.9. The summed E-state index contributed by atoms with van der Waals surface area (Å²) in [5.74, 6) is -2.02. The Hall–Kier alpha value is -3.82. The molecule has 0 bridgehead atoms. The van der Waals surface area contributed by atoms with Gasteiger partial charge in [0.05, 0.1) is 11.9 Å². The Morgan fingerprint density at radius 2 is 1.69 bits per heavy atom. The molecule has 2 saturated heterocycles. The molecule has 1 aromatic heterocycles. The Morgan fingerprint density at radius 1 is 1.00 bits per heavy atom. The van der Waals surface area contributed by atoms with Crippen molar-refractivity contribution in [2.24, 2.45) is 0 Å². The van der Waals surface area contributed by atoms with Crippen LogP contribution in [0.1, 0.15) is 19.3 Å². The number of ether oxygens (including phenoxy) is 1. The number of barbiturate groups is 1.